The molecule has 4 aromatic rings. The molecule has 37 heavy (non-hydrogen) atoms. The Morgan fingerprint density at radius 3 is 2.57 bits per heavy atom. The lowest BCUT2D eigenvalue weighted by atomic mass is 10.0. The summed E-state index contributed by atoms with van der Waals surface area (Å²) in [5.41, 5.74) is 1.80. The largest absolute Gasteiger partial charge is 0.755 e. The lowest BCUT2D eigenvalue weighted by Gasteiger charge is -2.28. The van der Waals surface area contributed by atoms with Crippen molar-refractivity contribution in [3.8, 4) is 6.07 Å². The predicted octanol–water partition coefficient (Wildman–Crippen LogP) is 3.51. The van der Waals surface area contributed by atoms with Crippen LogP contribution in [0.4, 0.5) is 11.4 Å². The van der Waals surface area contributed by atoms with Gasteiger partial charge >= 0.3 is 5.97 Å². The Balaban J connectivity index is 1.70. The number of nitrogens with one attached hydrogen (secondary N) is 1. The first-order chi connectivity index (χ1) is 17.8. The van der Waals surface area contributed by atoms with Crippen molar-refractivity contribution in [2.45, 2.75) is 12.5 Å². The monoisotopic (exact) mass is 534 g/mol. The number of halogens is 1. The Hall–Kier alpha value is -4.37. The molecule has 2 unspecified atom stereocenters. The van der Waals surface area contributed by atoms with Crippen molar-refractivity contribution < 1.29 is 23.5 Å². The molecular formula is C25H17ClN5O5S-. The third-order valence-electron chi connectivity index (χ3n) is 5.36. The van der Waals surface area contributed by atoms with E-state index in [1.54, 1.807) is 24.3 Å². The maximum absolute atomic E-state index is 13.3. The number of aliphatic carboxylic acids is 1. The van der Waals surface area contributed by atoms with E-state index in [1.807, 2.05) is 6.07 Å². The molecule has 10 nitrogen and oxygen atoms in total. The first-order valence-electron chi connectivity index (χ1n) is 10.7. The van der Waals surface area contributed by atoms with Crippen LogP contribution in [-0.2, 0) is 22.5 Å². The summed E-state index contributed by atoms with van der Waals surface area (Å²) in [7, 11) is 0. The number of fused-ring (bicyclic) bond motifs is 1. The number of carbonyl (C=O) groups is 2. The molecule has 0 spiro atoms. The fourth-order valence-corrected chi connectivity index (χ4v) is 4.45. The highest BCUT2D eigenvalue weighted by atomic mass is 35.5. The van der Waals surface area contributed by atoms with E-state index >= 15 is 0 Å². The van der Waals surface area contributed by atoms with Crippen LogP contribution in [0.2, 0.25) is 5.02 Å². The zero-order valence-electron chi connectivity index (χ0n) is 18.9. The normalized spacial score (nSPS) is 12.4. The number of anilines is 2. The van der Waals surface area contributed by atoms with Crippen LogP contribution in [0.1, 0.15) is 21.5 Å². The Labute approximate surface area is 218 Å². The third kappa shape index (κ3) is 5.90. The number of nitriles is 1. The van der Waals surface area contributed by atoms with Crippen LogP contribution in [0.15, 0.2) is 73.1 Å². The van der Waals surface area contributed by atoms with Gasteiger partial charge in [0.25, 0.3) is 5.91 Å². The number of rotatable bonds is 8. The number of carbonyl (C=O) groups excluding carboxylic acids is 1. The highest BCUT2D eigenvalue weighted by Gasteiger charge is 2.25. The quantitative estimate of drug-likeness (QED) is 0.325. The second-order valence-corrected chi connectivity index (χ2v) is 9.02. The lowest BCUT2D eigenvalue weighted by Crippen LogP contribution is -2.42. The highest BCUT2D eigenvalue weighted by molar-refractivity contribution is 7.81. The van der Waals surface area contributed by atoms with Gasteiger partial charge in [-0.25, -0.2) is 4.79 Å². The molecule has 1 amide bonds. The van der Waals surface area contributed by atoms with Gasteiger partial charge in [-0.05, 0) is 54.1 Å². The van der Waals surface area contributed by atoms with Crippen LogP contribution in [0, 0.1) is 11.3 Å². The van der Waals surface area contributed by atoms with Crippen molar-refractivity contribution in [1.82, 2.24) is 15.3 Å². The standard InChI is InChI=1S/C25H18ClN5O5S/c26-17-4-6-19(24(32)30-22(25(33)34)11-15-2-1-3-16(10-15)14-27)23(12-17)31(37(35)36)18-5-7-20-21(13-18)29-9-8-28-20/h1-10,12-13,22H,11H2,(H,30,32)(H,33,34)(H,35,36)/p-1. The van der Waals surface area contributed by atoms with Crippen LogP contribution in [-0.4, -0.2) is 41.8 Å². The Kier molecular flexibility index (Phi) is 7.74. The maximum atomic E-state index is 13.3. The van der Waals surface area contributed by atoms with Gasteiger partial charge < -0.3 is 15.0 Å². The summed E-state index contributed by atoms with van der Waals surface area (Å²) in [6.45, 7) is 0. The predicted molar refractivity (Wildman–Crippen MR) is 136 cm³/mol. The van der Waals surface area contributed by atoms with E-state index in [2.05, 4.69) is 15.3 Å². The molecule has 0 aliphatic heterocycles. The van der Waals surface area contributed by atoms with E-state index in [1.165, 1.54) is 48.8 Å². The first kappa shape index (κ1) is 25.7. The van der Waals surface area contributed by atoms with Crippen molar-refractivity contribution in [3.05, 3.63) is 94.8 Å². The molecule has 0 aliphatic rings. The van der Waals surface area contributed by atoms with Crippen molar-refractivity contribution >= 4 is 57.2 Å². The van der Waals surface area contributed by atoms with Gasteiger partial charge in [-0.3, -0.25) is 23.3 Å². The zero-order chi connectivity index (χ0) is 26.5. The molecule has 0 saturated carbocycles. The fourth-order valence-electron chi connectivity index (χ4n) is 3.69. The van der Waals surface area contributed by atoms with Crippen LogP contribution >= 0.6 is 11.6 Å². The molecule has 4 rings (SSSR count). The summed E-state index contributed by atoms with van der Waals surface area (Å²) < 4.78 is 25.6. The third-order valence-corrected chi connectivity index (χ3v) is 6.30. The molecule has 186 valence electrons. The second kappa shape index (κ2) is 11.1. The Bertz CT molecular complexity index is 1570. The van der Waals surface area contributed by atoms with E-state index in [9.17, 15) is 23.5 Å². The summed E-state index contributed by atoms with van der Waals surface area (Å²) in [5, 5.41) is 21.4. The smallest absolute Gasteiger partial charge is 0.326 e. The summed E-state index contributed by atoms with van der Waals surface area (Å²) in [4.78, 5) is 33.5. The van der Waals surface area contributed by atoms with Gasteiger partial charge in [0.1, 0.15) is 6.04 Å². The number of aromatic nitrogens is 2. The molecule has 0 fully saturated rings. The van der Waals surface area contributed by atoms with Gasteiger partial charge in [-0.15, -0.1) is 0 Å². The summed E-state index contributed by atoms with van der Waals surface area (Å²) in [5.74, 6) is -2.13. The number of amides is 1. The number of nitrogens with zero attached hydrogens (tertiary/aromatic N) is 4. The fraction of sp³-hybridized carbons (Fsp3) is 0.0800. The number of benzene rings is 3. The van der Waals surface area contributed by atoms with Gasteiger partial charge in [0.05, 0.1) is 50.9 Å². The Morgan fingerprint density at radius 2 is 1.86 bits per heavy atom. The molecule has 12 heteroatoms. The molecule has 0 saturated heterocycles. The highest BCUT2D eigenvalue weighted by Crippen LogP contribution is 2.33. The summed E-state index contributed by atoms with van der Waals surface area (Å²) >= 11 is 3.25. The van der Waals surface area contributed by atoms with E-state index in [4.69, 9.17) is 16.9 Å². The molecule has 0 aliphatic carbocycles. The van der Waals surface area contributed by atoms with Crippen molar-refractivity contribution in [2.75, 3.05) is 4.31 Å². The van der Waals surface area contributed by atoms with Gasteiger partial charge in [0, 0.05) is 23.8 Å². The van der Waals surface area contributed by atoms with Crippen molar-refractivity contribution in [1.29, 1.82) is 5.26 Å². The molecule has 3 aromatic carbocycles. The SMILES string of the molecule is N#Cc1cccc(CC(NC(=O)c2ccc(Cl)cc2N(c2ccc3nccnc3c2)S(=O)[O-])C(=O)O)c1. The first-order valence-corrected chi connectivity index (χ1v) is 12.1. The second-order valence-electron chi connectivity index (χ2n) is 7.78. The van der Waals surface area contributed by atoms with E-state index in [0.29, 0.717) is 22.2 Å². The van der Waals surface area contributed by atoms with Gasteiger partial charge in [0.2, 0.25) is 0 Å². The minimum Gasteiger partial charge on any atom is -0.755 e. The van der Waals surface area contributed by atoms with Gasteiger partial charge in [-0.2, -0.15) is 5.26 Å². The molecular weight excluding hydrogens is 518 g/mol. The average Bonchev–Trinajstić information content (AvgIpc) is 2.88. The average molecular weight is 535 g/mol. The lowest BCUT2D eigenvalue weighted by molar-refractivity contribution is -0.139. The van der Waals surface area contributed by atoms with Crippen molar-refractivity contribution in [2.24, 2.45) is 0 Å². The summed E-state index contributed by atoms with van der Waals surface area (Å²) in [6.07, 6.45) is 2.86. The minimum absolute atomic E-state index is 0.0859. The summed E-state index contributed by atoms with van der Waals surface area (Å²) in [6, 6.07) is 15.5. The number of hydrogen-bond acceptors (Lipinski definition) is 7. The molecule has 2 N–H and O–H groups in total. The Morgan fingerprint density at radius 1 is 1.11 bits per heavy atom. The van der Waals surface area contributed by atoms with Gasteiger partial charge in [-0.1, -0.05) is 23.7 Å². The number of hydrogen-bond donors (Lipinski definition) is 2. The van der Waals surface area contributed by atoms with E-state index in [-0.39, 0.29) is 28.4 Å². The molecule has 0 radical (unpaired) electrons. The molecule has 1 aromatic heterocycles. The molecule has 0 bridgehead atoms. The van der Waals surface area contributed by atoms with E-state index < -0.39 is 29.2 Å². The van der Waals surface area contributed by atoms with Crippen LogP contribution in [0.25, 0.3) is 11.0 Å². The minimum atomic E-state index is -2.89. The topological polar surface area (TPSA) is 159 Å². The van der Waals surface area contributed by atoms with Crippen molar-refractivity contribution in [3.63, 3.8) is 0 Å². The number of carboxylic acid groups (broad SMARTS) is 1. The molecule has 2 atom stereocenters. The van der Waals surface area contributed by atoms with Crippen LogP contribution in [0.3, 0.4) is 0 Å². The number of carboxylic acids is 1. The zero-order valence-corrected chi connectivity index (χ0v) is 20.4. The van der Waals surface area contributed by atoms with Gasteiger partial charge in [0.15, 0.2) is 0 Å². The van der Waals surface area contributed by atoms with Crippen LogP contribution < -0.4 is 9.62 Å². The van der Waals surface area contributed by atoms with Crippen LogP contribution in [0.5, 0.6) is 0 Å². The van der Waals surface area contributed by atoms with E-state index in [0.717, 1.165) is 4.31 Å². The maximum Gasteiger partial charge on any atom is 0.326 e. The molecule has 1 heterocycles.